The number of aldehydes is 2. The first-order valence-electron chi connectivity index (χ1n) is 19.9. The molecule has 0 saturated heterocycles. The first-order chi connectivity index (χ1) is 29.8. The van der Waals surface area contributed by atoms with Crippen molar-refractivity contribution in [3.63, 3.8) is 0 Å². The van der Waals surface area contributed by atoms with Crippen molar-refractivity contribution in [1.29, 1.82) is 0 Å². The lowest BCUT2D eigenvalue weighted by atomic mass is 9.95. The highest BCUT2D eigenvalue weighted by Gasteiger charge is 2.30. The molecule has 4 rings (SSSR count). The van der Waals surface area contributed by atoms with Gasteiger partial charge in [-0.3, -0.25) is 24.0 Å². The number of benzene rings is 2. The van der Waals surface area contributed by atoms with Gasteiger partial charge in [-0.05, 0) is 59.9 Å². The van der Waals surface area contributed by atoms with Crippen molar-refractivity contribution in [2.24, 2.45) is 0 Å². The average molecular weight is 853 g/mol. The van der Waals surface area contributed by atoms with Gasteiger partial charge in [0.15, 0.2) is 23.5 Å². The van der Waals surface area contributed by atoms with Gasteiger partial charge < -0.3 is 58.0 Å². The second kappa shape index (κ2) is 26.6. The van der Waals surface area contributed by atoms with E-state index >= 15 is 0 Å². The van der Waals surface area contributed by atoms with Gasteiger partial charge in [-0.2, -0.15) is 0 Å². The summed E-state index contributed by atoms with van der Waals surface area (Å²) in [6.45, 7) is 4.07. The Balaban J connectivity index is 1.05. The third-order valence-corrected chi connectivity index (χ3v) is 9.48. The number of ether oxygens (including phenoxy) is 10. The molecular formula is C44H56N2O15. The molecule has 0 aromatic heterocycles. The molecule has 0 bridgehead atoms. The summed E-state index contributed by atoms with van der Waals surface area (Å²) in [6, 6.07) is 10.8. The molecule has 0 fully saturated rings. The second-order valence-corrected chi connectivity index (χ2v) is 13.4. The molecule has 1 aliphatic rings. The number of carbonyl (C=O) groups is 4. The predicted molar refractivity (Wildman–Crippen MR) is 223 cm³/mol. The number of carbonyl (C=O) groups excluding carboxylic acids is 4. The molecule has 2 N–H and O–H groups in total. The number of nitrogens with one attached hydrogen (secondary N) is 2. The third-order valence-electron chi connectivity index (χ3n) is 9.48. The lowest BCUT2D eigenvalue weighted by Gasteiger charge is -2.20. The molecular weight excluding hydrogens is 796 g/mol. The minimum Gasteiger partial charge on any atom is -0.493 e. The van der Waals surface area contributed by atoms with Crippen LogP contribution in [0.5, 0.6) is 28.7 Å². The third kappa shape index (κ3) is 14.8. The minimum atomic E-state index is -0.543. The smallest absolute Gasteiger partial charge is 0.220 e. The van der Waals surface area contributed by atoms with Gasteiger partial charge in [0.2, 0.25) is 23.0 Å². The van der Waals surface area contributed by atoms with Gasteiger partial charge in [0.05, 0.1) is 106 Å². The first kappa shape index (κ1) is 48.1. The normalized spacial score (nSPS) is 12.9. The number of amides is 2. The molecule has 0 aliphatic heterocycles. The van der Waals surface area contributed by atoms with Crippen LogP contribution in [0.15, 0.2) is 47.3 Å². The molecule has 2 amide bonds. The van der Waals surface area contributed by atoms with Crippen molar-refractivity contribution in [2.75, 3.05) is 108 Å². The summed E-state index contributed by atoms with van der Waals surface area (Å²) in [4.78, 5) is 60.9. The lowest BCUT2D eigenvalue weighted by Crippen LogP contribution is -2.32. The van der Waals surface area contributed by atoms with Crippen LogP contribution in [-0.2, 0) is 39.7 Å². The number of methoxy groups -OCH3 is 4. The first-order valence-corrected chi connectivity index (χ1v) is 19.9. The molecule has 0 heterocycles. The fourth-order valence-corrected chi connectivity index (χ4v) is 6.50. The molecule has 3 aromatic carbocycles. The topological polar surface area (TPSA) is 202 Å². The van der Waals surface area contributed by atoms with Crippen molar-refractivity contribution < 1.29 is 66.5 Å². The molecule has 61 heavy (non-hydrogen) atoms. The maximum atomic E-state index is 13.2. The maximum absolute atomic E-state index is 13.2. The van der Waals surface area contributed by atoms with Crippen LogP contribution < -0.4 is 39.7 Å². The largest absolute Gasteiger partial charge is 0.493 e. The van der Waals surface area contributed by atoms with E-state index in [4.69, 9.17) is 47.4 Å². The summed E-state index contributed by atoms with van der Waals surface area (Å²) < 4.78 is 55.3. The van der Waals surface area contributed by atoms with E-state index in [2.05, 4.69) is 10.6 Å². The molecule has 1 unspecified atom stereocenters. The molecule has 1 atom stereocenters. The highest BCUT2D eigenvalue weighted by atomic mass is 16.6. The fraction of sp³-hybridized carbons (Fsp3) is 0.477. The SMILES string of the molecule is COc1cc2c(c(OC)c1OC)-c1ccc(OC)c(=O)cc1C(NC(=O)CCC(=O)NCCOCCOCCOCCOCCOCCOc1cc(C=O)ccc1C=O)CC2. The van der Waals surface area contributed by atoms with Crippen LogP contribution >= 0.6 is 0 Å². The quantitative estimate of drug-likeness (QED) is 0.0758. The van der Waals surface area contributed by atoms with Crippen LogP contribution in [-0.4, -0.2) is 132 Å². The van der Waals surface area contributed by atoms with E-state index in [1.54, 1.807) is 25.3 Å². The standard InChI is InChI=1S/C44H56N2O15/c1-52-37-10-8-33-34(27-36(37)49)35(9-7-31-26-39(53-2)43(54-3)44(55-4)42(31)33)46-41(51)12-11-40(50)45-13-14-56-15-16-57-17-18-58-19-20-59-21-22-60-23-24-61-38-25-30(28-47)5-6-32(38)29-48/h5-6,8,10,25-29,35H,7,9,11-24H2,1-4H3,(H,45,50)(H,46,51). The number of rotatable bonds is 29. The summed E-state index contributed by atoms with van der Waals surface area (Å²) in [5, 5.41) is 5.80. The van der Waals surface area contributed by atoms with Crippen molar-refractivity contribution in [1.82, 2.24) is 10.6 Å². The summed E-state index contributed by atoms with van der Waals surface area (Å²) >= 11 is 0. The highest BCUT2D eigenvalue weighted by molar-refractivity contribution is 5.86. The van der Waals surface area contributed by atoms with Gasteiger partial charge in [0.1, 0.15) is 18.6 Å². The van der Waals surface area contributed by atoms with Crippen LogP contribution in [0.2, 0.25) is 0 Å². The van der Waals surface area contributed by atoms with Crippen LogP contribution in [0.25, 0.3) is 11.1 Å². The lowest BCUT2D eigenvalue weighted by molar-refractivity contribution is -0.127. The van der Waals surface area contributed by atoms with Crippen LogP contribution in [0, 0.1) is 0 Å². The number of aryl methyl sites for hydroxylation is 1. The zero-order valence-electron chi connectivity index (χ0n) is 35.2. The second-order valence-electron chi connectivity index (χ2n) is 13.4. The molecule has 332 valence electrons. The Hall–Kier alpha value is -5.59. The predicted octanol–water partition coefficient (Wildman–Crippen LogP) is 3.54. The number of hydrogen-bond donors (Lipinski definition) is 2. The Morgan fingerprint density at radius 3 is 1.84 bits per heavy atom. The Morgan fingerprint density at radius 2 is 1.25 bits per heavy atom. The van der Waals surface area contributed by atoms with Crippen molar-refractivity contribution in [3.8, 4) is 39.9 Å². The van der Waals surface area contributed by atoms with E-state index in [1.165, 1.54) is 39.5 Å². The Morgan fingerprint density at radius 1 is 0.639 bits per heavy atom. The molecule has 0 radical (unpaired) electrons. The number of hydrogen-bond acceptors (Lipinski definition) is 15. The molecule has 3 aromatic rings. The molecule has 17 heteroatoms. The minimum absolute atomic E-state index is 0.0277. The van der Waals surface area contributed by atoms with E-state index in [-0.39, 0.29) is 55.6 Å². The van der Waals surface area contributed by atoms with Gasteiger partial charge in [0, 0.05) is 30.5 Å². The highest BCUT2D eigenvalue weighted by Crippen LogP contribution is 2.50. The van der Waals surface area contributed by atoms with Crippen molar-refractivity contribution in [3.05, 3.63) is 74.9 Å². The van der Waals surface area contributed by atoms with E-state index in [0.29, 0.717) is 130 Å². The Bertz CT molecular complexity index is 1960. The molecule has 1 aliphatic carbocycles. The van der Waals surface area contributed by atoms with Gasteiger partial charge >= 0.3 is 0 Å². The fourth-order valence-electron chi connectivity index (χ4n) is 6.50. The van der Waals surface area contributed by atoms with E-state index in [0.717, 1.165) is 11.1 Å². The van der Waals surface area contributed by atoms with Crippen LogP contribution in [0.1, 0.15) is 57.1 Å². The Labute approximate surface area is 355 Å². The Kier molecular flexibility index (Phi) is 21.0. The molecule has 0 saturated carbocycles. The van der Waals surface area contributed by atoms with Crippen LogP contribution in [0.3, 0.4) is 0 Å². The zero-order chi connectivity index (χ0) is 43.8. The van der Waals surface area contributed by atoms with Gasteiger partial charge in [-0.25, -0.2) is 0 Å². The molecule has 17 nitrogen and oxygen atoms in total. The van der Waals surface area contributed by atoms with Gasteiger partial charge in [-0.15, -0.1) is 0 Å². The summed E-state index contributed by atoms with van der Waals surface area (Å²) in [7, 11) is 6.02. The van der Waals surface area contributed by atoms with Crippen molar-refractivity contribution in [2.45, 2.75) is 31.7 Å². The van der Waals surface area contributed by atoms with Gasteiger partial charge in [0.25, 0.3) is 0 Å². The van der Waals surface area contributed by atoms with Crippen molar-refractivity contribution >= 4 is 24.4 Å². The van der Waals surface area contributed by atoms with E-state index in [1.807, 2.05) is 6.07 Å². The maximum Gasteiger partial charge on any atom is 0.220 e. The number of fused-ring (bicyclic) bond motifs is 3. The summed E-state index contributed by atoms with van der Waals surface area (Å²) in [5.74, 6) is 1.20. The van der Waals surface area contributed by atoms with E-state index in [9.17, 15) is 24.0 Å². The summed E-state index contributed by atoms with van der Waals surface area (Å²) in [5.41, 5.74) is 3.32. The monoisotopic (exact) mass is 852 g/mol. The molecule has 0 spiro atoms. The van der Waals surface area contributed by atoms with Crippen LogP contribution in [0.4, 0.5) is 0 Å². The summed E-state index contributed by atoms with van der Waals surface area (Å²) in [6.07, 6.45) is 2.27. The zero-order valence-corrected chi connectivity index (χ0v) is 35.2. The van der Waals surface area contributed by atoms with E-state index < -0.39 is 6.04 Å². The van der Waals surface area contributed by atoms with Gasteiger partial charge in [-0.1, -0.05) is 12.1 Å². The average Bonchev–Trinajstić information content (AvgIpc) is 3.52.